The molecule has 0 unspecified atom stereocenters. The average Bonchev–Trinajstić information content (AvgIpc) is 3.93. The molecule has 2 aromatic carbocycles. The Morgan fingerprint density at radius 2 is 1.17 bits per heavy atom. The summed E-state index contributed by atoms with van der Waals surface area (Å²) in [4.78, 5) is 9.92. The van der Waals surface area contributed by atoms with Crippen molar-refractivity contribution in [3.8, 4) is 33.4 Å². The highest BCUT2D eigenvalue weighted by Crippen LogP contribution is 2.44. The molecule has 0 saturated heterocycles. The lowest BCUT2D eigenvalue weighted by atomic mass is 9.95. The van der Waals surface area contributed by atoms with Crippen LogP contribution in [0.15, 0.2) is 33.3 Å². The standard InChI is InChI=1S/C21H23N5O.C16H16IN3O/c1-10-18(11(2)24-23-10)16-8-15(19-12(3)25-27-13(19)4)9-17-20(16)22-21(26(17)5)14-6-7-14;1-8-14(9(2)21-19-8)11-6-12(17)15-13(7-11)20(3)16(18-15)10-4-5-10/h8-9,14H,6-7H2,1-5H3,(H,23,24);6-7,10H,4-5H2,1-3H3. The first-order valence-corrected chi connectivity index (χ1v) is 17.6. The van der Waals surface area contributed by atoms with Crippen LogP contribution in [0.2, 0.25) is 0 Å². The summed E-state index contributed by atoms with van der Waals surface area (Å²) in [5, 5.41) is 15.7. The highest BCUT2D eigenvalue weighted by molar-refractivity contribution is 14.1. The molecule has 5 aromatic heterocycles. The van der Waals surface area contributed by atoms with Crippen LogP contribution >= 0.6 is 22.6 Å². The van der Waals surface area contributed by atoms with E-state index in [0.29, 0.717) is 11.8 Å². The van der Waals surface area contributed by atoms with Gasteiger partial charge in [-0.05, 0) is 125 Å². The lowest BCUT2D eigenvalue weighted by Crippen LogP contribution is -1.95. The van der Waals surface area contributed by atoms with E-state index in [2.05, 4.69) is 97.5 Å². The van der Waals surface area contributed by atoms with Gasteiger partial charge in [-0.25, -0.2) is 9.97 Å². The molecular weight excluding hydrogens is 715 g/mol. The summed E-state index contributed by atoms with van der Waals surface area (Å²) in [6, 6.07) is 8.82. The fourth-order valence-electron chi connectivity index (χ4n) is 7.20. The molecule has 0 bridgehead atoms. The van der Waals surface area contributed by atoms with Crippen LogP contribution in [0.25, 0.3) is 55.4 Å². The van der Waals surface area contributed by atoms with Gasteiger partial charge in [-0.3, -0.25) is 5.10 Å². The predicted molar refractivity (Wildman–Crippen MR) is 195 cm³/mol. The van der Waals surface area contributed by atoms with Crippen LogP contribution in [0.4, 0.5) is 0 Å². The molecule has 2 saturated carbocycles. The van der Waals surface area contributed by atoms with Crippen LogP contribution in [0.5, 0.6) is 0 Å². The molecule has 0 radical (unpaired) electrons. The number of rotatable bonds is 5. The number of H-pyrrole nitrogens is 1. The fourth-order valence-corrected chi connectivity index (χ4v) is 7.93. The largest absolute Gasteiger partial charge is 0.361 e. The SMILES string of the molecule is Cc1n[nH]c(C)c1-c1cc(-c2c(C)noc2C)cc2c1nc(C1CC1)n2C.Cc1noc(C)c1-c1cc(I)c2nc(C3CC3)n(C)c2c1. The normalized spacial score (nSPS) is 14.7. The molecule has 0 spiro atoms. The van der Waals surface area contributed by atoms with Gasteiger partial charge in [0.15, 0.2) is 0 Å². The van der Waals surface area contributed by atoms with Crippen LogP contribution in [0, 0.1) is 45.1 Å². The molecule has 0 amide bonds. The molecule has 5 heterocycles. The van der Waals surface area contributed by atoms with Gasteiger partial charge in [0.25, 0.3) is 0 Å². The third-order valence-corrected chi connectivity index (χ3v) is 10.7. The molecule has 0 atom stereocenters. The molecule has 1 N–H and O–H groups in total. The van der Waals surface area contributed by atoms with Gasteiger partial charge in [0.1, 0.15) is 28.7 Å². The summed E-state index contributed by atoms with van der Waals surface area (Å²) in [5.74, 6) is 5.35. The maximum atomic E-state index is 5.43. The van der Waals surface area contributed by atoms with Gasteiger partial charge >= 0.3 is 0 Å². The second-order valence-electron chi connectivity index (χ2n) is 13.5. The molecular formula is C37H39IN8O2. The Labute approximate surface area is 292 Å². The van der Waals surface area contributed by atoms with Crippen molar-refractivity contribution in [1.82, 2.24) is 39.6 Å². The molecule has 7 aromatic rings. The number of hydrogen-bond acceptors (Lipinski definition) is 7. The van der Waals surface area contributed by atoms with E-state index in [0.717, 1.165) is 84.2 Å². The summed E-state index contributed by atoms with van der Waals surface area (Å²) >= 11 is 2.38. The third kappa shape index (κ3) is 5.08. The van der Waals surface area contributed by atoms with Gasteiger partial charge in [-0.1, -0.05) is 10.3 Å². The zero-order chi connectivity index (χ0) is 33.6. The molecule has 2 fully saturated rings. The van der Waals surface area contributed by atoms with Crippen molar-refractivity contribution in [1.29, 1.82) is 0 Å². The monoisotopic (exact) mass is 754 g/mol. The zero-order valence-electron chi connectivity index (χ0n) is 28.6. The van der Waals surface area contributed by atoms with Crippen molar-refractivity contribution in [2.24, 2.45) is 14.1 Å². The quantitative estimate of drug-likeness (QED) is 0.174. The average molecular weight is 755 g/mol. The molecule has 10 nitrogen and oxygen atoms in total. The first-order chi connectivity index (χ1) is 23.0. The summed E-state index contributed by atoms with van der Waals surface area (Å²) < 4.78 is 16.4. The number of aromatic amines is 1. The lowest BCUT2D eigenvalue weighted by Gasteiger charge is -2.09. The van der Waals surface area contributed by atoms with Gasteiger partial charge in [0.2, 0.25) is 0 Å². The van der Waals surface area contributed by atoms with Crippen molar-refractivity contribution < 1.29 is 9.05 Å². The van der Waals surface area contributed by atoms with Gasteiger partial charge in [-0.2, -0.15) is 5.10 Å². The summed E-state index contributed by atoms with van der Waals surface area (Å²) in [5.41, 5.74) is 15.1. The fraction of sp³-hybridized carbons (Fsp3) is 0.378. The Bertz CT molecular complexity index is 2320. The highest BCUT2D eigenvalue weighted by atomic mass is 127. The summed E-state index contributed by atoms with van der Waals surface area (Å²) in [7, 11) is 4.25. The summed E-state index contributed by atoms with van der Waals surface area (Å²) in [6.45, 7) is 12.0. The predicted octanol–water partition coefficient (Wildman–Crippen LogP) is 9.06. The number of aromatic nitrogens is 8. The molecule has 2 aliphatic rings. The topological polar surface area (TPSA) is 116 Å². The van der Waals surface area contributed by atoms with Crippen molar-refractivity contribution in [3.63, 3.8) is 0 Å². The van der Waals surface area contributed by atoms with Crippen LogP contribution in [0.1, 0.15) is 83.5 Å². The first kappa shape index (κ1) is 31.0. The molecule has 246 valence electrons. The van der Waals surface area contributed by atoms with E-state index in [1.807, 2.05) is 34.6 Å². The number of imidazole rings is 2. The Kier molecular flexibility index (Phi) is 7.39. The number of halogens is 1. The Balaban J connectivity index is 0.000000145. The maximum Gasteiger partial charge on any atom is 0.141 e. The molecule has 9 rings (SSSR count). The molecule has 2 aliphatic carbocycles. The highest BCUT2D eigenvalue weighted by Gasteiger charge is 2.31. The minimum Gasteiger partial charge on any atom is -0.361 e. The molecule has 0 aliphatic heterocycles. The van der Waals surface area contributed by atoms with Crippen LogP contribution < -0.4 is 0 Å². The number of aryl methyl sites for hydroxylation is 8. The number of nitrogens with one attached hydrogen (secondary N) is 1. The van der Waals surface area contributed by atoms with E-state index in [4.69, 9.17) is 19.0 Å². The minimum absolute atomic E-state index is 0.587. The number of benzene rings is 2. The number of hydrogen-bond donors (Lipinski definition) is 1. The van der Waals surface area contributed by atoms with E-state index >= 15 is 0 Å². The van der Waals surface area contributed by atoms with Crippen LogP contribution in [-0.2, 0) is 14.1 Å². The Hall–Kier alpha value is -4.26. The van der Waals surface area contributed by atoms with Gasteiger partial charge in [-0.15, -0.1) is 0 Å². The molecule has 11 heteroatoms. The van der Waals surface area contributed by atoms with E-state index < -0.39 is 0 Å². The van der Waals surface area contributed by atoms with E-state index in [1.54, 1.807) is 0 Å². The summed E-state index contributed by atoms with van der Waals surface area (Å²) in [6.07, 6.45) is 4.99. The van der Waals surface area contributed by atoms with Crippen molar-refractivity contribution in [3.05, 3.63) is 73.8 Å². The zero-order valence-corrected chi connectivity index (χ0v) is 30.8. The van der Waals surface area contributed by atoms with Gasteiger partial charge < -0.3 is 18.2 Å². The van der Waals surface area contributed by atoms with Crippen LogP contribution in [-0.4, -0.2) is 39.6 Å². The molecule has 48 heavy (non-hydrogen) atoms. The van der Waals surface area contributed by atoms with Gasteiger partial charge in [0, 0.05) is 57.4 Å². The maximum absolute atomic E-state index is 5.43. The van der Waals surface area contributed by atoms with Crippen molar-refractivity contribution in [2.45, 2.75) is 79.1 Å². The van der Waals surface area contributed by atoms with Crippen molar-refractivity contribution >= 4 is 44.7 Å². The number of nitrogens with zero attached hydrogens (tertiary/aromatic N) is 7. The van der Waals surface area contributed by atoms with Gasteiger partial charge in [0.05, 0.1) is 33.6 Å². The second kappa shape index (κ2) is 11.4. The first-order valence-electron chi connectivity index (χ1n) is 16.6. The van der Waals surface area contributed by atoms with E-state index in [-0.39, 0.29) is 0 Å². The van der Waals surface area contributed by atoms with Crippen LogP contribution in [0.3, 0.4) is 0 Å². The smallest absolute Gasteiger partial charge is 0.141 e. The van der Waals surface area contributed by atoms with Crippen molar-refractivity contribution in [2.75, 3.05) is 0 Å². The van der Waals surface area contributed by atoms with E-state index in [1.165, 1.54) is 46.4 Å². The second-order valence-corrected chi connectivity index (χ2v) is 14.7. The Morgan fingerprint density at radius 1 is 0.667 bits per heavy atom. The van der Waals surface area contributed by atoms with E-state index in [9.17, 15) is 0 Å². The Morgan fingerprint density at radius 3 is 1.62 bits per heavy atom. The lowest BCUT2D eigenvalue weighted by molar-refractivity contribution is 0.393. The minimum atomic E-state index is 0.587. The number of fused-ring (bicyclic) bond motifs is 2. The third-order valence-electron chi connectivity index (χ3n) is 9.92.